The maximum Gasteiger partial charge on any atom is 0.336 e. The van der Waals surface area contributed by atoms with Gasteiger partial charge in [0.15, 0.2) is 0 Å². The molecule has 0 saturated heterocycles. The van der Waals surface area contributed by atoms with Gasteiger partial charge in [-0.05, 0) is 55.7 Å². The third kappa shape index (κ3) is 2.73. The lowest BCUT2D eigenvalue weighted by Gasteiger charge is -2.27. The Hall–Kier alpha value is -1.35. The van der Waals surface area contributed by atoms with E-state index in [-0.39, 0.29) is 0 Å². The third-order valence-corrected chi connectivity index (χ3v) is 5.12. The number of carboxylic acid groups (broad SMARTS) is 1. The summed E-state index contributed by atoms with van der Waals surface area (Å²) in [5.41, 5.74) is 1.36. The zero-order valence-corrected chi connectivity index (χ0v) is 12.1. The topological polar surface area (TPSA) is 40.5 Å². The second-order valence-electron chi connectivity index (χ2n) is 6.59. The molecule has 2 aliphatic rings. The Kier molecular flexibility index (Phi) is 3.79. The average molecular weight is 273 g/mol. The highest BCUT2D eigenvalue weighted by molar-refractivity contribution is 5.89. The summed E-state index contributed by atoms with van der Waals surface area (Å²) in [5.74, 6) is 1.91. The standard InChI is InChI=1S/C17H23NO2/c1-18(11-15-9-12-6-7-13(15)8-12)10-14-4-2-3-5-16(14)17(19)20/h2-5,12-13,15H,6-11H2,1H3,(H,19,20). The molecule has 1 aromatic carbocycles. The highest BCUT2D eigenvalue weighted by Crippen LogP contribution is 2.48. The van der Waals surface area contributed by atoms with E-state index in [0.29, 0.717) is 5.56 Å². The molecule has 3 atom stereocenters. The van der Waals surface area contributed by atoms with E-state index in [9.17, 15) is 9.90 Å². The van der Waals surface area contributed by atoms with Crippen LogP contribution in [0.15, 0.2) is 24.3 Å². The van der Waals surface area contributed by atoms with Gasteiger partial charge in [0, 0.05) is 13.1 Å². The highest BCUT2D eigenvalue weighted by atomic mass is 16.4. The summed E-state index contributed by atoms with van der Waals surface area (Å²) in [6, 6.07) is 7.35. The molecule has 3 heteroatoms. The van der Waals surface area contributed by atoms with Crippen LogP contribution in [0.25, 0.3) is 0 Å². The number of hydrogen-bond acceptors (Lipinski definition) is 2. The number of aromatic carboxylic acids is 1. The molecule has 0 aliphatic heterocycles. The number of fused-ring (bicyclic) bond motifs is 2. The number of benzene rings is 1. The van der Waals surface area contributed by atoms with Gasteiger partial charge < -0.3 is 10.0 Å². The summed E-state index contributed by atoms with van der Waals surface area (Å²) in [7, 11) is 2.12. The Labute approximate surface area is 120 Å². The normalized spacial score (nSPS) is 28.2. The molecule has 108 valence electrons. The van der Waals surface area contributed by atoms with Crippen molar-refractivity contribution in [2.45, 2.75) is 32.2 Å². The van der Waals surface area contributed by atoms with Gasteiger partial charge in [0.1, 0.15) is 0 Å². The molecule has 3 nitrogen and oxygen atoms in total. The van der Waals surface area contributed by atoms with E-state index in [1.165, 1.54) is 25.7 Å². The summed E-state index contributed by atoms with van der Waals surface area (Å²) < 4.78 is 0. The Bertz CT molecular complexity index is 500. The molecule has 0 aromatic heterocycles. The van der Waals surface area contributed by atoms with E-state index in [0.717, 1.165) is 36.4 Å². The lowest BCUT2D eigenvalue weighted by Crippen LogP contribution is -2.29. The van der Waals surface area contributed by atoms with Crippen molar-refractivity contribution in [3.63, 3.8) is 0 Å². The molecule has 2 bridgehead atoms. The lowest BCUT2D eigenvalue weighted by molar-refractivity contribution is 0.0694. The number of nitrogens with zero attached hydrogens (tertiary/aromatic N) is 1. The first-order valence-corrected chi connectivity index (χ1v) is 7.63. The Morgan fingerprint density at radius 1 is 1.30 bits per heavy atom. The molecule has 1 N–H and O–H groups in total. The zero-order valence-electron chi connectivity index (χ0n) is 12.1. The number of rotatable bonds is 5. The van der Waals surface area contributed by atoms with E-state index >= 15 is 0 Å². The van der Waals surface area contributed by atoms with Crippen molar-refractivity contribution in [3.05, 3.63) is 35.4 Å². The fraction of sp³-hybridized carbons (Fsp3) is 0.588. The molecule has 2 saturated carbocycles. The molecule has 20 heavy (non-hydrogen) atoms. The molecule has 3 rings (SSSR count). The Morgan fingerprint density at radius 3 is 2.75 bits per heavy atom. The fourth-order valence-electron chi connectivity index (χ4n) is 4.22. The predicted octanol–water partition coefficient (Wildman–Crippen LogP) is 3.25. The van der Waals surface area contributed by atoms with Gasteiger partial charge in [-0.15, -0.1) is 0 Å². The highest BCUT2D eigenvalue weighted by Gasteiger charge is 2.39. The smallest absolute Gasteiger partial charge is 0.336 e. The van der Waals surface area contributed by atoms with Crippen LogP contribution in [0.3, 0.4) is 0 Å². The van der Waals surface area contributed by atoms with Gasteiger partial charge in [-0.2, -0.15) is 0 Å². The third-order valence-electron chi connectivity index (χ3n) is 5.12. The van der Waals surface area contributed by atoms with Crippen LogP contribution in [0.1, 0.15) is 41.6 Å². The number of carboxylic acids is 1. The number of hydrogen-bond donors (Lipinski definition) is 1. The molecular weight excluding hydrogens is 250 g/mol. The van der Waals surface area contributed by atoms with E-state index < -0.39 is 5.97 Å². The van der Waals surface area contributed by atoms with Crippen LogP contribution in [0.2, 0.25) is 0 Å². The second-order valence-corrected chi connectivity index (χ2v) is 6.59. The van der Waals surface area contributed by atoms with Crippen LogP contribution >= 0.6 is 0 Å². The van der Waals surface area contributed by atoms with Crippen molar-refractivity contribution in [1.29, 1.82) is 0 Å². The van der Waals surface area contributed by atoms with Crippen LogP contribution in [-0.4, -0.2) is 29.6 Å². The van der Waals surface area contributed by atoms with Crippen LogP contribution in [-0.2, 0) is 6.54 Å². The summed E-state index contributed by atoms with van der Waals surface area (Å²) in [5, 5.41) is 9.23. The molecule has 0 amide bonds. The summed E-state index contributed by atoms with van der Waals surface area (Å²) >= 11 is 0. The number of carbonyl (C=O) groups is 1. The van der Waals surface area contributed by atoms with E-state index in [1.54, 1.807) is 12.1 Å². The van der Waals surface area contributed by atoms with Crippen molar-refractivity contribution in [1.82, 2.24) is 4.90 Å². The van der Waals surface area contributed by atoms with Crippen molar-refractivity contribution in [2.24, 2.45) is 17.8 Å². The van der Waals surface area contributed by atoms with Crippen LogP contribution in [0, 0.1) is 17.8 Å². The summed E-state index contributed by atoms with van der Waals surface area (Å²) in [6.45, 7) is 1.84. The molecule has 2 aliphatic carbocycles. The minimum atomic E-state index is -0.825. The largest absolute Gasteiger partial charge is 0.478 e. The summed E-state index contributed by atoms with van der Waals surface area (Å²) in [6.07, 6.45) is 5.67. The van der Waals surface area contributed by atoms with Gasteiger partial charge >= 0.3 is 5.97 Å². The average Bonchev–Trinajstić information content (AvgIpc) is 3.01. The van der Waals surface area contributed by atoms with Crippen LogP contribution < -0.4 is 0 Å². The molecule has 2 fully saturated rings. The van der Waals surface area contributed by atoms with Crippen molar-refractivity contribution < 1.29 is 9.90 Å². The quantitative estimate of drug-likeness (QED) is 0.895. The van der Waals surface area contributed by atoms with Crippen LogP contribution in [0.5, 0.6) is 0 Å². The van der Waals surface area contributed by atoms with Gasteiger partial charge in [0.25, 0.3) is 0 Å². The summed E-state index contributed by atoms with van der Waals surface area (Å²) in [4.78, 5) is 13.5. The Balaban J connectivity index is 1.61. The maximum atomic E-state index is 11.2. The van der Waals surface area contributed by atoms with E-state index in [1.807, 2.05) is 12.1 Å². The first kappa shape index (κ1) is 13.6. The molecule has 0 spiro atoms. The Morgan fingerprint density at radius 2 is 2.10 bits per heavy atom. The second kappa shape index (κ2) is 5.57. The first-order valence-electron chi connectivity index (χ1n) is 7.63. The van der Waals surface area contributed by atoms with Gasteiger partial charge in [0.05, 0.1) is 5.56 Å². The molecule has 3 unspecified atom stereocenters. The van der Waals surface area contributed by atoms with Gasteiger partial charge in [0.2, 0.25) is 0 Å². The maximum absolute atomic E-state index is 11.2. The minimum absolute atomic E-state index is 0.437. The monoisotopic (exact) mass is 273 g/mol. The van der Waals surface area contributed by atoms with Crippen molar-refractivity contribution in [2.75, 3.05) is 13.6 Å². The predicted molar refractivity (Wildman–Crippen MR) is 78.7 cm³/mol. The lowest BCUT2D eigenvalue weighted by atomic mass is 9.88. The molecule has 0 heterocycles. The molecular formula is C17H23NO2. The minimum Gasteiger partial charge on any atom is -0.478 e. The van der Waals surface area contributed by atoms with Gasteiger partial charge in [-0.3, -0.25) is 0 Å². The van der Waals surface area contributed by atoms with Gasteiger partial charge in [-0.1, -0.05) is 24.6 Å². The molecule has 0 radical (unpaired) electrons. The van der Waals surface area contributed by atoms with E-state index in [4.69, 9.17) is 0 Å². The molecule has 1 aromatic rings. The van der Waals surface area contributed by atoms with Crippen LogP contribution in [0.4, 0.5) is 0 Å². The van der Waals surface area contributed by atoms with Gasteiger partial charge in [-0.25, -0.2) is 4.79 Å². The fourth-order valence-corrected chi connectivity index (χ4v) is 4.22. The zero-order chi connectivity index (χ0) is 14.1. The SMILES string of the molecule is CN(Cc1ccccc1C(=O)O)CC1CC2CCC1C2. The van der Waals surface area contributed by atoms with E-state index in [2.05, 4.69) is 11.9 Å². The van der Waals surface area contributed by atoms with Crippen molar-refractivity contribution in [3.8, 4) is 0 Å². The van der Waals surface area contributed by atoms with Crippen molar-refractivity contribution >= 4 is 5.97 Å². The first-order chi connectivity index (χ1) is 9.63.